The average molecular weight is 780 g/mol. The first-order chi connectivity index (χ1) is 26.4. The SMILES string of the molecule is CCC(/C=C1\Oc2ccc(-n3ccc4ccccc43)cc2N1CCCS(=O)(=O)[O-])=C\C1Oc2ccc(-n3ccc4ccccc43)cc2[NH+]1CCCS(=O)(=O)[O-]. The van der Waals surface area contributed by atoms with E-state index < -0.39 is 38.0 Å². The molecule has 55 heavy (non-hydrogen) atoms. The fraction of sp³-hybridized carbons (Fsp3) is 0.220. The van der Waals surface area contributed by atoms with Crippen molar-refractivity contribution in [2.45, 2.75) is 32.4 Å². The lowest BCUT2D eigenvalue weighted by molar-refractivity contribution is -0.862. The van der Waals surface area contributed by atoms with Crippen LogP contribution in [-0.4, -0.2) is 65.9 Å². The lowest BCUT2D eigenvalue weighted by atomic mass is 10.1. The Kier molecular flexibility index (Phi) is 9.78. The van der Waals surface area contributed by atoms with E-state index in [2.05, 4.69) is 9.13 Å². The van der Waals surface area contributed by atoms with E-state index in [-0.39, 0.29) is 19.4 Å². The van der Waals surface area contributed by atoms with Crippen LogP contribution in [0.2, 0.25) is 0 Å². The van der Waals surface area contributed by atoms with Crippen LogP contribution in [0, 0.1) is 0 Å². The minimum absolute atomic E-state index is 0.0917. The summed E-state index contributed by atoms with van der Waals surface area (Å²) in [5.74, 6) is 0.705. The summed E-state index contributed by atoms with van der Waals surface area (Å²) in [6.45, 7) is 2.54. The van der Waals surface area contributed by atoms with E-state index in [1.807, 2.05) is 133 Å². The molecular weight excluding hydrogens is 741 g/mol. The van der Waals surface area contributed by atoms with Gasteiger partial charge in [-0.05, 0) is 83.8 Å². The molecule has 8 rings (SSSR count). The molecule has 0 saturated heterocycles. The first-order valence-corrected chi connectivity index (χ1v) is 21.3. The topological polar surface area (TPSA) is 150 Å². The molecule has 0 saturated carbocycles. The molecule has 0 radical (unpaired) electrons. The Hall–Kier alpha value is -5.38. The Bertz CT molecular complexity index is 2700. The van der Waals surface area contributed by atoms with Crippen LogP contribution in [0.3, 0.4) is 0 Å². The third kappa shape index (κ3) is 7.77. The summed E-state index contributed by atoms with van der Waals surface area (Å²) in [5, 5.41) is 2.19. The number of ether oxygens (including phenoxy) is 2. The molecule has 0 bridgehead atoms. The third-order valence-corrected chi connectivity index (χ3v) is 11.7. The highest BCUT2D eigenvalue weighted by molar-refractivity contribution is 7.85. The van der Waals surface area contributed by atoms with Crippen molar-refractivity contribution in [2.75, 3.05) is 29.5 Å². The Balaban J connectivity index is 1.13. The van der Waals surface area contributed by atoms with Gasteiger partial charge in [0.1, 0.15) is 0 Å². The molecule has 14 heteroatoms. The fourth-order valence-corrected chi connectivity index (χ4v) is 8.43. The fourth-order valence-electron chi connectivity index (χ4n) is 7.45. The van der Waals surface area contributed by atoms with Gasteiger partial charge in [0.2, 0.25) is 5.88 Å². The number of hydrogen-bond acceptors (Lipinski definition) is 9. The minimum atomic E-state index is -4.43. The van der Waals surface area contributed by atoms with Gasteiger partial charge in [-0.1, -0.05) is 43.3 Å². The van der Waals surface area contributed by atoms with Crippen LogP contribution in [0.15, 0.2) is 133 Å². The van der Waals surface area contributed by atoms with Crippen molar-refractivity contribution in [3.63, 3.8) is 0 Å². The molecule has 2 aromatic heterocycles. The zero-order chi connectivity index (χ0) is 38.3. The predicted molar refractivity (Wildman–Crippen MR) is 209 cm³/mol. The Morgan fingerprint density at radius 3 is 2.00 bits per heavy atom. The molecule has 0 spiro atoms. The smallest absolute Gasteiger partial charge is 0.257 e. The molecule has 2 atom stereocenters. The van der Waals surface area contributed by atoms with Crippen molar-refractivity contribution in [3.05, 3.63) is 133 Å². The number of nitrogens with one attached hydrogen (secondary N) is 1. The third-order valence-electron chi connectivity index (χ3n) is 10.1. The Labute approximate surface area is 319 Å². The summed E-state index contributed by atoms with van der Waals surface area (Å²) in [7, 11) is -8.84. The van der Waals surface area contributed by atoms with Crippen molar-refractivity contribution in [1.82, 2.24) is 9.13 Å². The van der Waals surface area contributed by atoms with Gasteiger partial charge in [-0.15, -0.1) is 0 Å². The number of anilines is 1. The number of quaternary nitrogens is 1. The molecule has 2 unspecified atom stereocenters. The van der Waals surface area contributed by atoms with Gasteiger partial charge in [0.25, 0.3) is 6.23 Å². The summed E-state index contributed by atoms with van der Waals surface area (Å²) in [6, 6.07) is 32.0. The van der Waals surface area contributed by atoms with Crippen LogP contribution in [0.4, 0.5) is 11.4 Å². The maximum absolute atomic E-state index is 11.6. The number of hydrogen-bond donors (Lipinski definition) is 1. The highest BCUT2D eigenvalue weighted by Gasteiger charge is 2.36. The van der Waals surface area contributed by atoms with Crippen LogP contribution in [-0.2, 0) is 20.2 Å². The van der Waals surface area contributed by atoms with Crippen LogP contribution in [0.5, 0.6) is 11.5 Å². The van der Waals surface area contributed by atoms with Gasteiger partial charge in [-0.25, -0.2) is 16.8 Å². The molecule has 1 N–H and O–H groups in total. The number of allylic oxidation sites excluding steroid dienone is 2. The molecule has 0 aliphatic carbocycles. The summed E-state index contributed by atoms with van der Waals surface area (Å²) in [5.41, 5.74) is 6.31. The molecular formula is C41H39N4O8S2-. The molecule has 0 amide bonds. The van der Waals surface area contributed by atoms with E-state index in [0.29, 0.717) is 30.3 Å². The van der Waals surface area contributed by atoms with Crippen LogP contribution < -0.4 is 19.3 Å². The zero-order valence-electron chi connectivity index (χ0n) is 30.0. The quantitative estimate of drug-likeness (QED) is 0.145. The monoisotopic (exact) mass is 779 g/mol. The molecule has 2 aliphatic rings. The highest BCUT2D eigenvalue weighted by Crippen LogP contribution is 2.41. The lowest BCUT2D eigenvalue weighted by Gasteiger charge is -2.21. The maximum Gasteiger partial charge on any atom is 0.257 e. The second kappa shape index (κ2) is 14.7. The molecule has 2 aliphatic heterocycles. The van der Waals surface area contributed by atoms with Crippen LogP contribution in [0.25, 0.3) is 33.2 Å². The standard InChI is InChI=1S/C41H40N4O8S2/c1-2-29(25-40-44(19-7-23-54(46,47)48)36-27-32(13-15-38(36)52-40)42-21-17-30-9-3-5-11-34(30)42)26-41-45(20-8-24-55(49,50)51)37-28-33(14-16-39(37)53-41)43-22-18-31-10-4-6-12-35(31)43/h3-6,9-18,21-22,25-28,40H,2,7-8,19-20,23-24H2,1H3,(H,46,47,48)(H,49,50,51)/p-1/b29-25+,41-26-. The Morgan fingerprint density at radius 2 is 1.36 bits per heavy atom. The van der Waals surface area contributed by atoms with Crippen molar-refractivity contribution >= 4 is 53.4 Å². The van der Waals surface area contributed by atoms with Crippen molar-refractivity contribution in [2.24, 2.45) is 0 Å². The van der Waals surface area contributed by atoms with E-state index in [0.717, 1.165) is 55.0 Å². The summed E-state index contributed by atoms with van der Waals surface area (Å²) < 4.78 is 86.6. The minimum Gasteiger partial charge on any atom is -0.748 e. The van der Waals surface area contributed by atoms with Gasteiger partial charge in [0.05, 0.1) is 49.2 Å². The zero-order valence-corrected chi connectivity index (χ0v) is 31.6. The van der Waals surface area contributed by atoms with Crippen molar-refractivity contribution < 1.29 is 40.3 Å². The average Bonchev–Trinajstić information content (AvgIpc) is 3.93. The number of aromatic nitrogens is 2. The van der Waals surface area contributed by atoms with E-state index in [9.17, 15) is 25.9 Å². The number of para-hydroxylation sites is 2. The van der Waals surface area contributed by atoms with Gasteiger partial charge < -0.3 is 32.6 Å². The van der Waals surface area contributed by atoms with Crippen LogP contribution >= 0.6 is 0 Å². The molecule has 12 nitrogen and oxygen atoms in total. The van der Waals surface area contributed by atoms with E-state index in [1.165, 1.54) is 0 Å². The van der Waals surface area contributed by atoms with Gasteiger partial charge >= 0.3 is 0 Å². The number of fused-ring (bicyclic) bond motifs is 4. The second-order valence-electron chi connectivity index (χ2n) is 13.7. The van der Waals surface area contributed by atoms with Crippen LogP contribution in [0.1, 0.15) is 26.2 Å². The normalized spacial score (nSPS) is 17.8. The van der Waals surface area contributed by atoms with E-state index in [1.54, 1.807) is 0 Å². The highest BCUT2D eigenvalue weighted by atomic mass is 32.2. The molecule has 0 fully saturated rings. The van der Waals surface area contributed by atoms with Gasteiger partial charge in [0, 0.05) is 60.8 Å². The number of rotatable bonds is 13. The summed E-state index contributed by atoms with van der Waals surface area (Å²) >= 11 is 0. The molecule has 4 heterocycles. The van der Waals surface area contributed by atoms with Crippen molar-refractivity contribution in [3.8, 4) is 22.9 Å². The molecule has 6 aromatic rings. The van der Waals surface area contributed by atoms with E-state index in [4.69, 9.17) is 9.47 Å². The molecule has 4 aromatic carbocycles. The van der Waals surface area contributed by atoms with Gasteiger partial charge in [-0.2, -0.15) is 0 Å². The summed E-state index contributed by atoms with van der Waals surface area (Å²) in [4.78, 5) is 2.75. The van der Waals surface area contributed by atoms with Gasteiger partial charge in [0.15, 0.2) is 17.2 Å². The summed E-state index contributed by atoms with van der Waals surface area (Å²) in [6.07, 6.45) is 8.12. The van der Waals surface area contributed by atoms with Gasteiger partial charge in [-0.3, -0.25) is 4.90 Å². The first-order valence-electron chi connectivity index (χ1n) is 18.1. The van der Waals surface area contributed by atoms with Crippen molar-refractivity contribution in [1.29, 1.82) is 0 Å². The number of nitrogens with zero attached hydrogens (tertiary/aromatic N) is 3. The maximum atomic E-state index is 11.6. The Morgan fingerprint density at radius 1 is 0.764 bits per heavy atom. The second-order valence-corrected chi connectivity index (χ2v) is 16.7. The largest absolute Gasteiger partial charge is 0.748 e. The number of benzene rings is 4. The molecule has 284 valence electrons. The lowest BCUT2D eigenvalue weighted by Crippen LogP contribution is -3.10. The van der Waals surface area contributed by atoms with E-state index >= 15 is 0 Å². The predicted octanol–water partition coefficient (Wildman–Crippen LogP) is 5.76. The first kappa shape index (κ1) is 36.6.